The van der Waals surface area contributed by atoms with Crippen molar-refractivity contribution in [3.05, 3.63) is 29.8 Å². The summed E-state index contributed by atoms with van der Waals surface area (Å²) in [5.41, 5.74) is 0.921. The lowest BCUT2D eigenvalue weighted by Gasteiger charge is -2.19. The Hall–Kier alpha value is -1.48. The van der Waals surface area contributed by atoms with E-state index < -0.39 is 22.0 Å². The van der Waals surface area contributed by atoms with Crippen molar-refractivity contribution in [2.45, 2.75) is 42.5 Å². The Morgan fingerprint density at radius 1 is 1.28 bits per heavy atom. The van der Waals surface area contributed by atoms with E-state index in [0.717, 1.165) is 18.4 Å². The molecule has 7 nitrogen and oxygen atoms in total. The summed E-state index contributed by atoms with van der Waals surface area (Å²) in [6.07, 6.45) is 1.96. The van der Waals surface area contributed by atoms with Crippen LogP contribution in [0.5, 0.6) is 0 Å². The number of carbonyl (C=O) groups excluding carboxylic acids is 1. The van der Waals surface area contributed by atoms with Crippen LogP contribution in [0.4, 0.5) is 0 Å². The van der Waals surface area contributed by atoms with Crippen LogP contribution in [0.3, 0.4) is 0 Å². The third-order valence-electron chi connectivity index (χ3n) is 4.63. The lowest BCUT2D eigenvalue weighted by Crippen LogP contribution is -2.44. The third kappa shape index (κ3) is 4.78. The standard InChI is InChI=1S/C17H24N2O5S/c1-25(22,23)13-6-2-11(3-7-13)8-18-14-10-24-15(16(14)20)9-19-17(21)12-4-5-12/h2-3,6-7,12,14-16,18,20H,4-5,8-10H2,1H3,(H,19,21). The fraction of sp³-hybridized carbons (Fsp3) is 0.588. The van der Waals surface area contributed by atoms with Gasteiger partial charge in [0, 0.05) is 25.3 Å². The third-order valence-corrected chi connectivity index (χ3v) is 5.76. The number of hydrogen-bond acceptors (Lipinski definition) is 6. The number of nitrogens with one attached hydrogen (secondary N) is 2. The van der Waals surface area contributed by atoms with E-state index in [1.54, 1.807) is 24.3 Å². The Morgan fingerprint density at radius 3 is 2.56 bits per heavy atom. The highest BCUT2D eigenvalue weighted by Crippen LogP contribution is 2.28. The van der Waals surface area contributed by atoms with Crippen LogP contribution in [0, 0.1) is 5.92 Å². The van der Waals surface area contributed by atoms with Gasteiger partial charge in [-0.3, -0.25) is 4.79 Å². The molecule has 3 rings (SSSR count). The highest BCUT2D eigenvalue weighted by atomic mass is 32.2. The lowest BCUT2D eigenvalue weighted by atomic mass is 10.1. The van der Waals surface area contributed by atoms with Crippen LogP contribution in [0.15, 0.2) is 29.2 Å². The molecule has 8 heteroatoms. The predicted octanol–water partition coefficient (Wildman–Crippen LogP) is -0.166. The molecule has 3 atom stereocenters. The second-order valence-electron chi connectivity index (χ2n) is 6.79. The quantitative estimate of drug-likeness (QED) is 0.617. The molecule has 1 saturated carbocycles. The molecule has 1 aromatic rings. The molecule has 2 fully saturated rings. The summed E-state index contributed by atoms with van der Waals surface area (Å²) >= 11 is 0. The number of rotatable bonds is 7. The largest absolute Gasteiger partial charge is 0.389 e. The van der Waals surface area contributed by atoms with Gasteiger partial charge < -0.3 is 20.5 Å². The zero-order valence-corrected chi connectivity index (χ0v) is 15.0. The first kappa shape index (κ1) is 18.3. The van der Waals surface area contributed by atoms with Crippen LogP contribution >= 0.6 is 0 Å². The van der Waals surface area contributed by atoms with Gasteiger partial charge in [-0.15, -0.1) is 0 Å². The number of carbonyl (C=O) groups is 1. The van der Waals surface area contributed by atoms with Gasteiger partial charge in [-0.25, -0.2) is 8.42 Å². The Labute approximate surface area is 147 Å². The number of hydrogen-bond donors (Lipinski definition) is 3. The first-order valence-electron chi connectivity index (χ1n) is 8.44. The van der Waals surface area contributed by atoms with Gasteiger partial charge in [0.2, 0.25) is 5.91 Å². The van der Waals surface area contributed by atoms with Crippen molar-refractivity contribution >= 4 is 15.7 Å². The Balaban J connectivity index is 1.46. The van der Waals surface area contributed by atoms with Crippen molar-refractivity contribution in [1.29, 1.82) is 0 Å². The van der Waals surface area contributed by atoms with Gasteiger partial charge in [0.15, 0.2) is 9.84 Å². The number of amides is 1. The SMILES string of the molecule is CS(=O)(=O)c1ccc(CNC2COC(CNC(=O)C3CC3)C2O)cc1. The highest BCUT2D eigenvalue weighted by Gasteiger charge is 2.37. The van der Waals surface area contributed by atoms with Gasteiger partial charge in [-0.2, -0.15) is 0 Å². The summed E-state index contributed by atoms with van der Waals surface area (Å²) < 4.78 is 28.5. The van der Waals surface area contributed by atoms with Crippen molar-refractivity contribution in [3.63, 3.8) is 0 Å². The normalized spacial score (nSPS) is 26.6. The van der Waals surface area contributed by atoms with Gasteiger partial charge in [-0.05, 0) is 30.5 Å². The second-order valence-corrected chi connectivity index (χ2v) is 8.80. The molecule has 0 radical (unpaired) electrons. The Kier molecular flexibility index (Phi) is 5.43. The van der Waals surface area contributed by atoms with Crippen LogP contribution in [0.1, 0.15) is 18.4 Å². The van der Waals surface area contributed by atoms with Crippen LogP contribution in [-0.2, 0) is 25.9 Å². The number of ether oxygens (including phenoxy) is 1. The molecule has 1 aliphatic carbocycles. The van der Waals surface area contributed by atoms with E-state index in [4.69, 9.17) is 4.74 Å². The maximum atomic E-state index is 11.7. The number of aliphatic hydroxyl groups is 1. The molecule has 1 amide bonds. The average Bonchev–Trinajstić information content (AvgIpc) is 3.36. The van der Waals surface area contributed by atoms with Gasteiger partial charge >= 0.3 is 0 Å². The topological polar surface area (TPSA) is 105 Å². The van der Waals surface area contributed by atoms with Crippen molar-refractivity contribution < 1.29 is 23.1 Å². The molecule has 2 aliphatic rings. The predicted molar refractivity (Wildman–Crippen MR) is 91.7 cm³/mol. The van der Waals surface area contributed by atoms with E-state index in [0.29, 0.717) is 19.7 Å². The second kappa shape index (κ2) is 7.41. The van der Waals surface area contributed by atoms with E-state index in [-0.39, 0.29) is 22.8 Å². The molecule has 1 aromatic carbocycles. The molecule has 138 valence electrons. The van der Waals surface area contributed by atoms with E-state index in [1.807, 2.05) is 0 Å². The van der Waals surface area contributed by atoms with Crippen LogP contribution in [-0.4, -0.2) is 57.1 Å². The molecular formula is C17H24N2O5S. The molecular weight excluding hydrogens is 344 g/mol. The molecule has 1 aliphatic heterocycles. The molecule has 1 saturated heterocycles. The van der Waals surface area contributed by atoms with Crippen LogP contribution in [0.25, 0.3) is 0 Å². The average molecular weight is 368 g/mol. The number of sulfone groups is 1. The van der Waals surface area contributed by atoms with E-state index >= 15 is 0 Å². The number of benzene rings is 1. The first-order chi connectivity index (χ1) is 11.8. The monoisotopic (exact) mass is 368 g/mol. The zero-order chi connectivity index (χ0) is 18.0. The fourth-order valence-corrected chi connectivity index (χ4v) is 3.47. The summed E-state index contributed by atoms with van der Waals surface area (Å²) in [6, 6.07) is 6.42. The fourth-order valence-electron chi connectivity index (χ4n) is 2.84. The Bertz CT molecular complexity index is 715. The number of aliphatic hydroxyl groups excluding tert-OH is 1. The summed E-state index contributed by atoms with van der Waals surface area (Å²) in [5, 5.41) is 16.4. The van der Waals surface area contributed by atoms with Gasteiger partial charge in [-0.1, -0.05) is 12.1 Å². The molecule has 0 bridgehead atoms. The van der Waals surface area contributed by atoms with E-state index in [9.17, 15) is 18.3 Å². The minimum Gasteiger partial charge on any atom is -0.389 e. The summed E-state index contributed by atoms with van der Waals surface area (Å²) in [7, 11) is -3.20. The maximum Gasteiger partial charge on any atom is 0.223 e. The smallest absolute Gasteiger partial charge is 0.223 e. The van der Waals surface area contributed by atoms with Crippen LogP contribution < -0.4 is 10.6 Å². The van der Waals surface area contributed by atoms with Crippen molar-refractivity contribution in [2.75, 3.05) is 19.4 Å². The summed E-state index contributed by atoms with van der Waals surface area (Å²) in [6.45, 7) is 1.18. The summed E-state index contributed by atoms with van der Waals surface area (Å²) in [5.74, 6) is 0.181. The summed E-state index contributed by atoms with van der Waals surface area (Å²) in [4.78, 5) is 11.9. The van der Waals surface area contributed by atoms with E-state index in [2.05, 4.69) is 10.6 Å². The minimum atomic E-state index is -3.20. The van der Waals surface area contributed by atoms with Crippen LogP contribution in [0.2, 0.25) is 0 Å². The van der Waals surface area contributed by atoms with E-state index in [1.165, 1.54) is 6.26 Å². The lowest BCUT2D eigenvalue weighted by molar-refractivity contribution is -0.123. The zero-order valence-electron chi connectivity index (χ0n) is 14.1. The molecule has 3 unspecified atom stereocenters. The van der Waals surface area contributed by atoms with Crippen molar-refractivity contribution in [1.82, 2.24) is 10.6 Å². The minimum absolute atomic E-state index is 0.0400. The Morgan fingerprint density at radius 2 is 1.96 bits per heavy atom. The molecule has 25 heavy (non-hydrogen) atoms. The molecule has 0 spiro atoms. The van der Waals surface area contributed by atoms with Gasteiger partial charge in [0.1, 0.15) is 6.10 Å². The van der Waals surface area contributed by atoms with Gasteiger partial charge in [0.25, 0.3) is 0 Å². The maximum absolute atomic E-state index is 11.7. The molecule has 0 aromatic heterocycles. The van der Waals surface area contributed by atoms with Crippen molar-refractivity contribution in [3.8, 4) is 0 Å². The highest BCUT2D eigenvalue weighted by molar-refractivity contribution is 7.90. The van der Waals surface area contributed by atoms with Crippen molar-refractivity contribution in [2.24, 2.45) is 5.92 Å². The van der Waals surface area contributed by atoms with Gasteiger partial charge in [0.05, 0.1) is 23.6 Å². The molecule has 3 N–H and O–H groups in total. The first-order valence-corrected chi connectivity index (χ1v) is 10.3. The molecule has 1 heterocycles.